The lowest BCUT2D eigenvalue weighted by Gasteiger charge is -2.19. The fourth-order valence-corrected chi connectivity index (χ4v) is 1.48. The zero-order valence-corrected chi connectivity index (χ0v) is 9.85. The average Bonchev–Trinajstić information content (AvgIpc) is 2.14. The van der Waals surface area contributed by atoms with E-state index in [2.05, 4.69) is 52.0 Å². The monoisotopic (exact) mass is 189 g/mol. The minimum atomic E-state index is 0.249. The van der Waals surface area contributed by atoms with Gasteiger partial charge in [-0.25, -0.2) is 0 Å². The van der Waals surface area contributed by atoms with Crippen LogP contribution in [0.1, 0.15) is 51.7 Å². The van der Waals surface area contributed by atoms with Crippen molar-refractivity contribution in [2.45, 2.75) is 52.4 Å². The molecule has 1 aromatic rings. The molecule has 1 radical (unpaired) electrons. The summed E-state index contributed by atoms with van der Waals surface area (Å²) in [6.45, 7) is 8.98. The zero-order valence-electron chi connectivity index (χ0n) is 9.85. The minimum Gasteiger partial charge on any atom is -0.0654 e. The molecule has 0 unspecified atom stereocenters. The van der Waals surface area contributed by atoms with E-state index in [4.69, 9.17) is 0 Å². The Labute approximate surface area is 88.4 Å². The molecule has 0 bridgehead atoms. The van der Waals surface area contributed by atoms with Gasteiger partial charge >= 0.3 is 0 Å². The van der Waals surface area contributed by atoms with Crippen LogP contribution in [0, 0.1) is 6.07 Å². The third kappa shape index (κ3) is 3.17. The van der Waals surface area contributed by atoms with Crippen molar-refractivity contribution < 1.29 is 0 Å². The highest BCUT2D eigenvalue weighted by molar-refractivity contribution is 5.27. The van der Waals surface area contributed by atoms with Gasteiger partial charge in [0.05, 0.1) is 0 Å². The molecule has 0 heterocycles. The van der Waals surface area contributed by atoms with E-state index in [1.54, 1.807) is 0 Å². The van der Waals surface area contributed by atoms with Crippen molar-refractivity contribution in [2.75, 3.05) is 0 Å². The Balaban J connectivity index is 2.79. The lowest BCUT2D eigenvalue weighted by Crippen LogP contribution is -2.11. The summed E-state index contributed by atoms with van der Waals surface area (Å²) in [6, 6.07) is 9.79. The van der Waals surface area contributed by atoms with Gasteiger partial charge in [0.25, 0.3) is 0 Å². The molecule has 0 amide bonds. The highest BCUT2D eigenvalue weighted by atomic mass is 14.2. The molecule has 0 aromatic heterocycles. The summed E-state index contributed by atoms with van der Waals surface area (Å²) in [7, 11) is 0. The van der Waals surface area contributed by atoms with Gasteiger partial charge in [0.15, 0.2) is 0 Å². The number of rotatable bonds is 3. The van der Waals surface area contributed by atoms with E-state index in [-0.39, 0.29) is 5.41 Å². The zero-order chi connectivity index (χ0) is 10.6. The summed E-state index contributed by atoms with van der Waals surface area (Å²) < 4.78 is 0. The Morgan fingerprint density at radius 1 is 1.21 bits per heavy atom. The summed E-state index contributed by atoms with van der Waals surface area (Å²) in [6.07, 6.45) is 3.73. The molecule has 0 aliphatic carbocycles. The van der Waals surface area contributed by atoms with Crippen LogP contribution in [0.15, 0.2) is 18.2 Å². The molecule has 0 atom stereocenters. The standard InChI is InChI=1S/C14H21/c1-5-6-8-12-9-7-10-13(11-12)14(2,3)4/h9-11H,5-6,8H2,1-4H3. The molecule has 0 N–H and O–H groups in total. The Hall–Kier alpha value is -0.780. The Bertz CT molecular complexity index is 278. The third-order valence-corrected chi connectivity index (χ3v) is 2.53. The van der Waals surface area contributed by atoms with E-state index in [9.17, 15) is 0 Å². The van der Waals surface area contributed by atoms with Crippen LogP contribution in [0.3, 0.4) is 0 Å². The normalized spacial score (nSPS) is 11.7. The van der Waals surface area contributed by atoms with Gasteiger partial charge < -0.3 is 0 Å². The van der Waals surface area contributed by atoms with Crippen molar-refractivity contribution >= 4 is 0 Å². The van der Waals surface area contributed by atoms with Gasteiger partial charge in [0, 0.05) is 0 Å². The molecule has 77 valence electrons. The molecular formula is C14H21. The second-order valence-electron chi connectivity index (χ2n) is 4.98. The van der Waals surface area contributed by atoms with Crippen LogP contribution >= 0.6 is 0 Å². The SMILES string of the molecule is CCCCc1c[c]cc(C(C)(C)C)c1. The van der Waals surface area contributed by atoms with Crippen LogP contribution in [-0.2, 0) is 11.8 Å². The first-order valence-corrected chi connectivity index (χ1v) is 5.54. The molecule has 14 heavy (non-hydrogen) atoms. The summed E-state index contributed by atoms with van der Waals surface area (Å²) in [5.74, 6) is 0. The molecule has 0 saturated carbocycles. The van der Waals surface area contributed by atoms with Crippen LogP contribution in [0.4, 0.5) is 0 Å². The van der Waals surface area contributed by atoms with Crippen molar-refractivity contribution in [2.24, 2.45) is 0 Å². The van der Waals surface area contributed by atoms with E-state index in [1.807, 2.05) is 0 Å². The molecule has 1 rings (SSSR count). The summed E-state index contributed by atoms with van der Waals surface area (Å²) in [4.78, 5) is 0. The maximum atomic E-state index is 3.25. The van der Waals surface area contributed by atoms with E-state index < -0.39 is 0 Å². The Morgan fingerprint density at radius 2 is 1.93 bits per heavy atom. The molecule has 0 heteroatoms. The van der Waals surface area contributed by atoms with Crippen molar-refractivity contribution in [3.8, 4) is 0 Å². The van der Waals surface area contributed by atoms with Crippen molar-refractivity contribution in [1.82, 2.24) is 0 Å². The summed E-state index contributed by atoms with van der Waals surface area (Å²) in [5, 5.41) is 0. The van der Waals surface area contributed by atoms with Gasteiger partial charge in [-0.3, -0.25) is 0 Å². The smallest absolute Gasteiger partial charge is 0.0132 e. The van der Waals surface area contributed by atoms with Crippen molar-refractivity contribution in [3.05, 3.63) is 35.4 Å². The highest BCUT2D eigenvalue weighted by Gasteiger charge is 2.13. The molecular weight excluding hydrogens is 168 g/mol. The maximum absolute atomic E-state index is 3.25. The highest BCUT2D eigenvalue weighted by Crippen LogP contribution is 2.23. The number of hydrogen-bond donors (Lipinski definition) is 0. The summed E-state index contributed by atoms with van der Waals surface area (Å²) in [5.41, 5.74) is 3.07. The van der Waals surface area contributed by atoms with Gasteiger partial charge in [-0.2, -0.15) is 0 Å². The molecule has 0 aliphatic heterocycles. The van der Waals surface area contributed by atoms with Crippen LogP contribution < -0.4 is 0 Å². The Kier molecular flexibility index (Phi) is 3.74. The van der Waals surface area contributed by atoms with Gasteiger partial charge in [-0.15, -0.1) is 0 Å². The molecule has 0 saturated heterocycles. The van der Waals surface area contributed by atoms with E-state index in [0.717, 1.165) is 0 Å². The number of unbranched alkanes of at least 4 members (excludes halogenated alkanes) is 1. The van der Waals surface area contributed by atoms with E-state index >= 15 is 0 Å². The fraction of sp³-hybridized carbons (Fsp3) is 0.571. The topological polar surface area (TPSA) is 0 Å². The second-order valence-corrected chi connectivity index (χ2v) is 4.98. The van der Waals surface area contributed by atoms with Crippen LogP contribution in [0.25, 0.3) is 0 Å². The average molecular weight is 189 g/mol. The van der Waals surface area contributed by atoms with Crippen molar-refractivity contribution in [3.63, 3.8) is 0 Å². The molecule has 0 fully saturated rings. The van der Waals surface area contributed by atoms with Crippen LogP contribution in [0.5, 0.6) is 0 Å². The van der Waals surface area contributed by atoms with Crippen LogP contribution in [0.2, 0.25) is 0 Å². The number of hydrogen-bond acceptors (Lipinski definition) is 0. The first-order valence-electron chi connectivity index (χ1n) is 5.54. The predicted molar refractivity (Wildman–Crippen MR) is 62.6 cm³/mol. The third-order valence-electron chi connectivity index (χ3n) is 2.53. The van der Waals surface area contributed by atoms with Gasteiger partial charge in [-0.1, -0.05) is 52.3 Å². The van der Waals surface area contributed by atoms with Crippen LogP contribution in [-0.4, -0.2) is 0 Å². The second kappa shape index (κ2) is 4.63. The maximum Gasteiger partial charge on any atom is -0.0132 e. The first kappa shape index (κ1) is 11.3. The molecule has 0 spiro atoms. The molecule has 1 aromatic carbocycles. The van der Waals surface area contributed by atoms with Gasteiger partial charge in [0.1, 0.15) is 0 Å². The molecule has 0 aliphatic rings. The number of benzene rings is 1. The first-order chi connectivity index (χ1) is 6.54. The number of aryl methyl sites for hydroxylation is 1. The largest absolute Gasteiger partial charge is 0.0654 e. The molecule has 0 nitrogen and oxygen atoms in total. The quantitative estimate of drug-likeness (QED) is 0.670. The fourth-order valence-electron chi connectivity index (χ4n) is 1.48. The van der Waals surface area contributed by atoms with Gasteiger partial charge in [0.2, 0.25) is 0 Å². The predicted octanol–water partition coefficient (Wildman–Crippen LogP) is 4.13. The Morgan fingerprint density at radius 3 is 2.50 bits per heavy atom. The lowest BCUT2D eigenvalue weighted by molar-refractivity contribution is 0.588. The lowest BCUT2D eigenvalue weighted by atomic mass is 9.86. The summed E-state index contributed by atoms with van der Waals surface area (Å²) >= 11 is 0. The van der Waals surface area contributed by atoms with Gasteiger partial charge in [-0.05, 0) is 35.4 Å². The van der Waals surface area contributed by atoms with E-state index in [0.29, 0.717) is 0 Å². The minimum absolute atomic E-state index is 0.249. The van der Waals surface area contributed by atoms with E-state index in [1.165, 1.54) is 30.4 Å². The van der Waals surface area contributed by atoms with Crippen molar-refractivity contribution in [1.29, 1.82) is 0 Å².